The van der Waals surface area contributed by atoms with Crippen molar-refractivity contribution in [1.82, 2.24) is 0 Å². The van der Waals surface area contributed by atoms with Gasteiger partial charge >= 0.3 is 23.9 Å². The summed E-state index contributed by atoms with van der Waals surface area (Å²) in [7, 11) is 0. The van der Waals surface area contributed by atoms with Gasteiger partial charge in [0, 0.05) is 0 Å². The van der Waals surface area contributed by atoms with Crippen molar-refractivity contribution in [3.8, 4) is 0 Å². The van der Waals surface area contributed by atoms with E-state index >= 15 is 0 Å². The number of carbonyl (C=O) groups excluding carboxylic acids is 4. The largest absolute Gasteiger partial charge is 0.465 e. The Morgan fingerprint density at radius 1 is 0.432 bits per heavy atom. The predicted octanol–water partition coefficient (Wildman–Crippen LogP) is 5.47. The minimum atomic E-state index is -0.470. The molecule has 10 heteroatoms. The lowest BCUT2D eigenvalue weighted by Gasteiger charge is -2.26. The predicted molar refractivity (Wildman–Crippen MR) is 160 cm³/mol. The van der Waals surface area contributed by atoms with Crippen molar-refractivity contribution in [2.24, 2.45) is 23.7 Å². The summed E-state index contributed by atoms with van der Waals surface area (Å²) in [6.07, 6.45) is 14.0. The molecule has 0 radical (unpaired) electrons. The van der Waals surface area contributed by atoms with E-state index in [-0.39, 0.29) is 48.3 Å². The Morgan fingerprint density at radius 3 is 0.955 bits per heavy atom. The van der Waals surface area contributed by atoms with Crippen LogP contribution in [0.5, 0.6) is 0 Å². The lowest BCUT2D eigenvalue weighted by molar-refractivity contribution is -0.162. The highest BCUT2D eigenvalue weighted by Gasteiger charge is 2.54. The van der Waals surface area contributed by atoms with E-state index in [1.165, 1.54) is 0 Å². The molecule has 0 aromatic rings. The van der Waals surface area contributed by atoms with Crippen LogP contribution in [0.2, 0.25) is 0 Å². The van der Waals surface area contributed by atoms with E-state index in [0.29, 0.717) is 52.1 Å². The van der Waals surface area contributed by atoms with Crippen LogP contribution >= 0.6 is 0 Å². The summed E-state index contributed by atoms with van der Waals surface area (Å²) in [5.41, 5.74) is 0. The van der Waals surface area contributed by atoms with Crippen molar-refractivity contribution in [3.05, 3.63) is 0 Å². The summed E-state index contributed by atoms with van der Waals surface area (Å²) in [4.78, 5) is 50.7. The monoisotopic (exact) mass is 622 g/mol. The molecule has 0 N–H and O–H groups in total. The molecule has 2 saturated heterocycles. The van der Waals surface area contributed by atoms with Crippen molar-refractivity contribution >= 4 is 23.9 Å². The van der Waals surface area contributed by atoms with E-state index in [1.54, 1.807) is 0 Å². The van der Waals surface area contributed by atoms with Gasteiger partial charge in [-0.15, -0.1) is 0 Å². The molecule has 44 heavy (non-hydrogen) atoms. The first kappa shape index (κ1) is 34.7. The highest BCUT2D eigenvalue weighted by atomic mass is 16.6. The molecular weight excluding hydrogens is 568 g/mol. The van der Waals surface area contributed by atoms with Gasteiger partial charge in [-0.25, -0.2) is 0 Å². The average Bonchev–Trinajstić information content (AvgIpc) is 3.95. The van der Waals surface area contributed by atoms with Crippen LogP contribution in [0.25, 0.3) is 0 Å². The summed E-state index contributed by atoms with van der Waals surface area (Å²) in [6, 6.07) is 0. The number of carbonyl (C=O) groups is 4. The zero-order valence-electron chi connectivity index (χ0n) is 26.8. The Kier molecular flexibility index (Phi) is 14.2. The van der Waals surface area contributed by atoms with Crippen LogP contribution in [-0.2, 0) is 47.6 Å². The fraction of sp³-hybridized carbons (Fsp3) is 0.882. The summed E-state index contributed by atoms with van der Waals surface area (Å²) in [5, 5.41) is 0. The molecule has 250 valence electrons. The molecule has 4 aliphatic rings. The average molecular weight is 623 g/mol. The van der Waals surface area contributed by atoms with E-state index < -0.39 is 23.7 Å². The molecule has 8 unspecified atom stereocenters. The maximum Gasteiger partial charge on any atom is 0.309 e. The molecule has 0 aromatic carbocycles. The van der Waals surface area contributed by atoms with Gasteiger partial charge in [-0.3, -0.25) is 19.2 Å². The van der Waals surface area contributed by atoms with Crippen LogP contribution in [0.4, 0.5) is 0 Å². The second-order valence-corrected chi connectivity index (χ2v) is 13.0. The second-order valence-electron chi connectivity index (χ2n) is 13.0. The summed E-state index contributed by atoms with van der Waals surface area (Å²) in [6.45, 7) is 5.63. The Morgan fingerprint density at radius 2 is 0.682 bits per heavy atom. The third-order valence-corrected chi connectivity index (χ3v) is 9.51. The molecular formula is C34H54O10. The molecule has 0 bridgehead atoms. The van der Waals surface area contributed by atoms with E-state index in [0.717, 1.165) is 77.0 Å². The molecule has 4 fully saturated rings. The maximum absolute atomic E-state index is 12.8. The van der Waals surface area contributed by atoms with Gasteiger partial charge in [0.2, 0.25) is 0 Å². The van der Waals surface area contributed by atoms with Gasteiger partial charge in [-0.2, -0.15) is 0 Å². The number of hydrogen-bond acceptors (Lipinski definition) is 10. The molecule has 0 spiro atoms. The van der Waals surface area contributed by atoms with Gasteiger partial charge in [0.15, 0.2) is 0 Å². The first-order valence-corrected chi connectivity index (χ1v) is 17.4. The smallest absolute Gasteiger partial charge is 0.309 e. The SMILES string of the molecule is CCCCOC(=O)C1CC2OC2CC1C(=O)OCCCCCCCCCCOC(=O)C1CC2OC2CC1C(=O)OCCCC. The minimum Gasteiger partial charge on any atom is -0.465 e. The van der Waals surface area contributed by atoms with Gasteiger partial charge in [-0.1, -0.05) is 65.2 Å². The molecule has 8 atom stereocenters. The van der Waals surface area contributed by atoms with Crippen molar-refractivity contribution in [3.63, 3.8) is 0 Å². The fourth-order valence-corrected chi connectivity index (χ4v) is 6.56. The first-order chi connectivity index (χ1) is 21.4. The van der Waals surface area contributed by atoms with E-state index in [9.17, 15) is 19.2 Å². The number of epoxide rings is 2. The Balaban J connectivity index is 0.994. The number of unbranched alkanes of at least 4 members (excludes halogenated alkanes) is 9. The van der Waals surface area contributed by atoms with Gasteiger partial charge in [0.25, 0.3) is 0 Å². The summed E-state index contributed by atoms with van der Waals surface area (Å²) >= 11 is 0. The lowest BCUT2D eigenvalue weighted by Crippen LogP contribution is -2.37. The molecule has 2 aliphatic carbocycles. The maximum atomic E-state index is 12.8. The minimum absolute atomic E-state index is 0.0787. The fourth-order valence-electron chi connectivity index (χ4n) is 6.56. The van der Waals surface area contributed by atoms with Crippen LogP contribution in [0.3, 0.4) is 0 Å². The van der Waals surface area contributed by atoms with Crippen LogP contribution in [-0.4, -0.2) is 74.7 Å². The summed E-state index contributed by atoms with van der Waals surface area (Å²) < 4.78 is 33.1. The molecule has 2 saturated carbocycles. The Bertz CT molecular complexity index is 863. The summed E-state index contributed by atoms with van der Waals surface area (Å²) in [5.74, 6) is -3.05. The zero-order chi connectivity index (χ0) is 31.3. The molecule has 10 nitrogen and oxygen atoms in total. The highest BCUT2D eigenvalue weighted by molar-refractivity contribution is 5.83. The van der Waals surface area contributed by atoms with Crippen LogP contribution in [0.15, 0.2) is 0 Å². The Labute approximate surface area is 262 Å². The van der Waals surface area contributed by atoms with Crippen LogP contribution < -0.4 is 0 Å². The van der Waals surface area contributed by atoms with Gasteiger partial charge < -0.3 is 28.4 Å². The lowest BCUT2D eigenvalue weighted by atomic mass is 9.79. The number of fused-ring (bicyclic) bond motifs is 2. The third kappa shape index (κ3) is 10.7. The molecule has 0 amide bonds. The highest BCUT2D eigenvalue weighted by Crippen LogP contribution is 2.45. The third-order valence-electron chi connectivity index (χ3n) is 9.51. The van der Waals surface area contributed by atoms with Crippen LogP contribution in [0, 0.1) is 23.7 Å². The van der Waals surface area contributed by atoms with Crippen LogP contribution in [0.1, 0.15) is 117 Å². The van der Waals surface area contributed by atoms with E-state index in [1.807, 2.05) is 13.8 Å². The number of ether oxygens (including phenoxy) is 6. The normalized spacial score (nSPS) is 30.0. The zero-order valence-corrected chi connectivity index (χ0v) is 26.8. The van der Waals surface area contributed by atoms with Crippen molar-refractivity contribution in [2.75, 3.05) is 26.4 Å². The van der Waals surface area contributed by atoms with Gasteiger partial charge in [0.1, 0.15) is 0 Å². The van der Waals surface area contributed by atoms with E-state index in [2.05, 4.69) is 0 Å². The number of rotatable bonds is 21. The number of hydrogen-bond donors (Lipinski definition) is 0. The molecule has 2 heterocycles. The van der Waals surface area contributed by atoms with E-state index in [4.69, 9.17) is 28.4 Å². The first-order valence-electron chi connectivity index (χ1n) is 17.4. The second kappa shape index (κ2) is 18.1. The van der Waals surface area contributed by atoms with Crippen molar-refractivity contribution < 1.29 is 47.6 Å². The number of esters is 4. The van der Waals surface area contributed by atoms with Crippen molar-refractivity contribution in [2.45, 2.75) is 141 Å². The van der Waals surface area contributed by atoms with Gasteiger partial charge in [-0.05, 0) is 51.4 Å². The van der Waals surface area contributed by atoms with Gasteiger partial charge in [0.05, 0.1) is 74.5 Å². The van der Waals surface area contributed by atoms with Crippen molar-refractivity contribution in [1.29, 1.82) is 0 Å². The molecule has 4 rings (SSSR count). The standard InChI is InChI=1S/C34H54O10/c1-3-5-15-39-31(35)23-19-27-29(43-27)21-25(23)33(37)41-17-13-11-9-7-8-10-12-14-18-42-34(38)26-22-30-28(44-30)20-24(26)32(36)40-16-6-4-2/h23-30H,3-22H2,1-2H3. The molecule has 2 aliphatic heterocycles. The topological polar surface area (TPSA) is 130 Å². The Hall–Kier alpha value is -2.20. The quantitative estimate of drug-likeness (QED) is 0.0703. The molecule has 0 aromatic heterocycles.